The van der Waals surface area contributed by atoms with Crippen LogP contribution in [-0.2, 0) is 6.42 Å². The Labute approximate surface area is 177 Å². The highest BCUT2D eigenvalue weighted by molar-refractivity contribution is 5.91. The van der Waals surface area contributed by atoms with Gasteiger partial charge in [-0.05, 0) is 49.8 Å². The molecule has 0 fully saturated rings. The van der Waals surface area contributed by atoms with E-state index in [-0.39, 0.29) is 23.3 Å². The molecule has 0 radical (unpaired) electrons. The van der Waals surface area contributed by atoms with Gasteiger partial charge in [0.05, 0.1) is 12.0 Å². The van der Waals surface area contributed by atoms with E-state index >= 15 is 0 Å². The van der Waals surface area contributed by atoms with Crippen molar-refractivity contribution < 1.29 is 26.7 Å². The second kappa shape index (κ2) is 9.77. The third kappa shape index (κ3) is 4.63. The van der Waals surface area contributed by atoms with Gasteiger partial charge >= 0.3 is 0 Å². The molecular weight excluding hydrogens is 411 g/mol. The van der Waals surface area contributed by atoms with E-state index in [2.05, 4.69) is 0 Å². The highest BCUT2D eigenvalue weighted by atomic mass is 19.2. The Kier molecular flexibility index (Phi) is 7.10. The van der Waals surface area contributed by atoms with E-state index in [1.807, 2.05) is 19.1 Å². The van der Waals surface area contributed by atoms with E-state index in [9.17, 15) is 22.0 Å². The first-order valence-corrected chi connectivity index (χ1v) is 9.88. The summed E-state index contributed by atoms with van der Waals surface area (Å²) in [5.74, 6) is -7.44. The Morgan fingerprint density at radius 3 is 2.26 bits per heavy atom. The maximum absolute atomic E-state index is 14.9. The van der Waals surface area contributed by atoms with Crippen LogP contribution < -0.4 is 4.74 Å². The Hall–Kier alpha value is -3.15. The Bertz CT molecular complexity index is 1150. The van der Waals surface area contributed by atoms with Gasteiger partial charge in [-0.3, -0.25) is 0 Å². The summed E-state index contributed by atoms with van der Waals surface area (Å²) in [6.45, 7) is 3.58. The first-order chi connectivity index (χ1) is 14.9. The molecule has 0 unspecified atom stereocenters. The summed E-state index contributed by atoms with van der Waals surface area (Å²) < 4.78 is 78.0. The minimum Gasteiger partial charge on any atom is -0.491 e. The number of halogens is 5. The lowest BCUT2D eigenvalue weighted by atomic mass is 10.0. The fraction of sp³-hybridized carbons (Fsp3) is 0.200. The molecule has 0 N–H and O–H groups in total. The molecule has 0 amide bonds. The van der Waals surface area contributed by atoms with Crippen molar-refractivity contribution in [3.63, 3.8) is 0 Å². The van der Waals surface area contributed by atoms with Crippen LogP contribution >= 0.6 is 0 Å². The average Bonchev–Trinajstić information content (AvgIpc) is 2.77. The highest BCUT2D eigenvalue weighted by Crippen LogP contribution is 2.36. The molecule has 0 heterocycles. The summed E-state index contributed by atoms with van der Waals surface area (Å²) in [6, 6.07) is 9.41. The topological polar surface area (TPSA) is 9.23 Å². The van der Waals surface area contributed by atoms with Crippen molar-refractivity contribution in [3.8, 4) is 5.75 Å². The van der Waals surface area contributed by atoms with Gasteiger partial charge in [-0.1, -0.05) is 42.5 Å². The van der Waals surface area contributed by atoms with Crippen molar-refractivity contribution in [2.75, 3.05) is 6.61 Å². The van der Waals surface area contributed by atoms with E-state index in [0.29, 0.717) is 0 Å². The first kappa shape index (κ1) is 22.5. The van der Waals surface area contributed by atoms with Crippen LogP contribution in [0.15, 0.2) is 54.6 Å². The minimum atomic E-state index is -1.51. The fourth-order valence-corrected chi connectivity index (χ4v) is 3.27. The van der Waals surface area contributed by atoms with Crippen molar-refractivity contribution in [1.82, 2.24) is 0 Å². The average molecular weight is 432 g/mol. The summed E-state index contributed by atoms with van der Waals surface area (Å²) >= 11 is 0. The van der Waals surface area contributed by atoms with Gasteiger partial charge in [-0.15, -0.1) is 0 Å². The lowest BCUT2D eigenvalue weighted by Gasteiger charge is -2.11. The third-order valence-electron chi connectivity index (χ3n) is 4.86. The molecule has 3 aromatic carbocycles. The van der Waals surface area contributed by atoms with Gasteiger partial charge in [0.15, 0.2) is 23.2 Å². The second-order valence-corrected chi connectivity index (χ2v) is 6.89. The van der Waals surface area contributed by atoms with E-state index in [1.165, 1.54) is 18.2 Å². The van der Waals surface area contributed by atoms with Gasteiger partial charge < -0.3 is 4.74 Å². The molecule has 0 aromatic heterocycles. The smallest absolute Gasteiger partial charge is 0.201 e. The summed E-state index contributed by atoms with van der Waals surface area (Å²) in [6.07, 6.45) is 5.48. The molecule has 0 atom stereocenters. The van der Waals surface area contributed by atoms with Gasteiger partial charge in [0.1, 0.15) is 5.82 Å². The molecule has 0 aliphatic rings. The number of fused-ring (bicyclic) bond motifs is 1. The fourth-order valence-electron chi connectivity index (χ4n) is 3.27. The summed E-state index contributed by atoms with van der Waals surface area (Å²) in [7, 11) is 0. The maximum Gasteiger partial charge on any atom is 0.201 e. The maximum atomic E-state index is 14.9. The van der Waals surface area contributed by atoms with Gasteiger partial charge in [0.25, 0.3) is 0 Å². The Morgan fingerprint density at radius 2 is 1.61 bits per heavy atom. The summed E-state index contributed by atoms with van der Waals surface area (Å²) in [4.78, 5) is 0. The number of ether oxygens (including phenoxy) is 1. The molecular formula is C25H21F5O. The Morgan fingerprint density at radius 1 is 0.903 bits per heavy atom. The molecule has 0 spiro atoms. The lowest BCUT2D eigenvalue weighted by molar-refractivity contribution is 0.315. The van der Waals surface area contributed by atoms with Gasteiger partial charge in [0, 0.05) is 11.1 Å². The molecule has 3 rings (SSSR count). The monoisotopic (exact) mass is 432 g/mol. The minimum absolute atomic E-state index is 0.0257. The van der Waals surface area contributed by atoms with Crippen molar-refractivity contribution in [2.45, 2.75) is 26.7 Å². The van der Waals surface area contributed by atoms with Crippen LogP contribution in [-0.4, -0.2) is 6.61 Å². The van der Waals surface area contributed by atoms with Crippen LogP contribution in [0.2, 0.25) is 0 Å². The van der Waals surface area contributed by atoms with Crippen LogP contribution in [0.3, 0.4) is 0 Å². The number of allylic oxidation sites excluding steroid dienone is 2. The highest BCUT2D eigenvalue weighted by Gasteiger charge is 2.23. The molecule has 0 saturated heterocycles. The number of aryl methyl sites for hydroxylation is 1. The van der Waals surface area contributed by atoms with Crippen LogP contribution in [0.25, 0.3) is 22.4 Å². The van der Waals surface area contributed by atoms with Crippen LogP contribution in [0.4, 0.5) is 22.0 Å². The molecule has 1 nitrogen and oxygen atoms in total. The van der Waals surface area contributed by atoms with Crippen molar-refractivity contribution >= 4 is 22.4 Å². The van der Waals surface area contributed by atoms with E-state index in [1.54, 1.807) is 19.1 Å². The zero-order valence-electron chi connectivity index (χ0n) is 17.1. The molecule has 162 valence electrons. The summed E-state index contributed by atoms with van der Waals surface area (Å²) in [5.41, 5.74) is 0.0735. The standard InChI is InChI=1S/C25H21F5O/c1-3-5-6-7-15-8-10-16(11-9-15)21(26)23(28)18-13-12-17-14-19(31-4-2)24(29)25(30)20(17)22(18)27/h3,5,8-14H,4,6-7H2,1-2H3/b5-3+,23-21?. The number of benzene rings is 3. The largest absolute Gasteiger partial charge is 0.491 e. The van der Waals surface area contributed by atoms with E-state index < -0.39 is 40.1 Å². The molecule has 3 aromatic rings. The molecule has 31 heavy (non-hydrogen) atoms. The van der Waals surface area contributed by atoms with Crippen molar-refractivity contribution in [1.29, 1.82) is 0 Å². The quantitative estimate of drug-likeness (QED) is 0.209. The zero-order valence-corrected chi connectivity index (χ0v) is 17.1. The number of hydrogen-bond acceptors (Lipinski definition) is 1. The number of hydrogen-bond donors (Lipinski definition) is 0. The second-order valence-electron chi connectivity index (χ2n) is 6.89. The molecule has 0 saturated carbocycles. The summed E-state index contributed by atoms with van der Waals surface area (Å²) in [5, 5.41) is -0.789. The molecule has 0 bridgehead atoms. The normalized spacial score (nSPS) is 12.5. The Balaban J connectivity index is 2.01. The van der Waals surface area contributed by atoms with Crippen molar-refractivity contribution in [3.05, 3.63) is 88.8 Å². The van der Waals surface area contributed by atoms with Crippen LogP contribution in [0.1, 0.15) is 37.0 Å². The van der Waals surface area contributed by atoms with Crippen LogP contribution in [0.5, 0.6) is 5.75 Å². The first-order valence-electron chi connectivity index (χ1n) is 9.88. The van der Waals surface area contributed by atoms with Crippen molar-refractivity contribution in [2.24, 2.45) is 0 Å². The predicted octanol–water partition coefficient (Wildman–Crippen LogP) is 7.93. The van der Waals surface area contributed by atoms with Gasteiger partial charge in [0.2, 0.25) is 5.82 Å². The number of rotatable bonds is 7. The zero-order chi connectivity index (χ0) is 22.5. The van der Waals surface area contributed by atoms with E-state index in [4.69, 9.17) is 4.74 Å². The molecule has 0 aliphatic heterocycles. The third-order valence-corrected chi connectivity index (χ3v) is 4.86. The predicted molar refractivity (Wildman–Crippen MR) is 114 cm³/mol. The lowest BCUT2D eigenvalue weighted by Crippen LogP contribution is -2.00. The SMILES string of the molecule is C/C=C/CCc1ccc(C(F)=C(F)c2ccc3cc(OCC)c(F)c(F)c3c2F)cc1. The molecule has 6 heteroatoms. The van der Waals surface area contributed by atoms with Gasteiger partial charge in [-0.25, -0.2) is 17.6 Å². The van der Waals surface area contributed by atoms with Crippen LogP contribution in [0, 0.1) is 17.5 Å². The van der Waals surface area contributed by atoms with E-state index in [0.717, 1.165) is 30.5 Å². The molecule has 0 aliphatic carbocycles. The van der Waals surface area contributed by atoms with Gasteiger partial charge in [-0.2, -0.15) is 4.39 Å².